The van der Waals surface area contributed by atoms with Crippen molar-refractivity contribution in [1.82, 2.24) is 9.88 Å². The van der Waals surface area contributed by atoms with Gasteiger partial charge in [0.1, 0.15) is 6.61 Å². The summed E-state index contributed by atoms with van der Waals surface area (Å²) in [6.45, 7) is 10.1. The van der Waals surface area contributed by atoms with Crippen molar-refractivity contribution in [1.29, 1.82) is 0 Å². The molecule has 0 unspecified atom stereocenters. The standard InChI is InChI=1S/C23H26N2O/c1-23(2,3)20-9-10-21-18(14-20)13-19-16-25(11-12-26-22(19)24-21)15-17-7-5-4-6-8-17/h4-10,13-14H,11-12,15-16H2,1-3H3. The molecule has 3 aromatic rings. The summed E-state index contributed by atoms with van der Waals surface area (Å²) in [5.41, 5.74) is 4.99. The summed E-state index contributed by atoms with van der Waals surface area (Å²) in [6, 6.07) is 19.5. The van der Waals surface area contributed by atoms with Crippen LogP contribution in [0, 0.1) is 0 Å². The monoisotopic (exact) mass is 346 g/mol. The quantitative estimate of drug-likeness (QED) is 0.658. The number of rotatable bonds is 2. The fourth-order valence-electron chi connectivity index (χ4n) is 3.48. The Hall–Kier alpha value is -2.39. The highest BCUT2D eigenvalue weighted by molar-refractivity contribution is 5.81. The normalized spacial score (nSPS) is 15.3. The second-order valence-corrected chi connectivity index (χ2v) is 8.15. The Balaban J connectivity index is 1.66. The third-order valence-electron chi connectivity index (χ3n) is 5.01. The molecule has 134 valence electrons. The van der Waals surface area contributed by atoms with E-state index >= 15 is 0 Å². The van der Waals surface area contributed by atoms with Gasteiger partial charge in [-0.15, -0.1) is 0 Å². The Morgan fingerprint density at radius 3 is 2.62 bits per heavy atom. The highest BCUT2D eigenvalue weighted by atomic mass is 16.5. The first-order valence-electron chi connectivity index (χ1n) is 9.32. The van der Waals surface area contributed by atoms with Gasteiger partial charge in [0, 0.05) is 30.6 Å². The van der Waals surface area contributed by atoms with E-state index in [1.807, 2.05) is 0 Å². The summed E-state index contributed by atoms with van der Waals surface area (Å²) in [5, 5.41) is 1.20. The van der Waals surface area contributed by atoms with E-state index in [-0.39, 0.29) is 5.41 Å². The van der Waals surface area contributed by atoms with Crippen LogP contribution in [0.25, 0.3) is 10.9 Å². The molecule has 1 aromatic heterocycles. The third-order valence-corrected chi connectivity index (χ3v) is 5.01. The van der Waals surface area contributed by atoms with Gasteiger partial charge in [-0.2, -0.15) is 0 Å². The lowest BCUT2D eigenvalue weighted by Crippen LogP contribution is -2.25. The van der Waals surface area contributed by atoms with Crippen LogP contribution in [0.2, 0.25) is 0 Å². The Bertz CT molecular complexity index is 913. The third kappa shape index (κ3) is 3.58. The molecule has 0 bridgehead atoms. The lowest BCUT2D eigenvalue weighted by molar-refractivity contribution is 0.217. The number of fused-ring (bicyclic) bond motifs is 2. The van der Waals surface area contributed by atoms with Crippen LogP contribution in [0.4, 0.5) is 0 Å². The molecular weight excluding hydrogens is 320 g/mol. The Kier molecular flexibility index (Phi) is 4.41. The number of pyridine rings is 1. The van der Waals surface area contributed by atoms with Gasteiger partial charge >= 0.3 is 0 Å². The molecule has 0 fully saturated rings. The molecule has 26 heavy (non-hydrogen) atoms. The fraction of sp³-hybridized carbons (Fsp3) is 0.348. The number of hydrogen-bond acceptors (Lipinski definition) is 3. The van der Waals surface area contributed by atoms with Gasteiger partial charge in [-0.1, -0.05) is 57.2 Å². The first-order valence-corrected chi connectivity index (χ1v) is 9.32. The molecule has 0 saturated heterocycles. The Morgan fingerprint density at radius 1 is 1.04 bits per heavy atom. The molecule has 3 nitrogen and oxygen atoms in total. The van der Waals surface area contributed by atoms with Crippen LogP contribution in [-0.2, 0) is 18.5 Å². The van der Waals surface area contributed by atoms with Crippen molar-refractivity contribution < 1.29 is 4.74 Å². The summed E-state index contributed by atoms with van der Waals surface area (Å²) in [7, 11) is 0. The van der Waals surface area contributed by atoms with Crippen LogP contribution in [0.1, 0.15) is 37.5 Å². The van der Waals surface area contributed by atoms with Gasteiger partial charge in [-0.05, 0) is 34.7 Å². The van der Waals surface area contributed by atoms with E-state index in [2.05, 4.69) is 80.3 Å². The molecule has 0 saturated carbocycles. The molecule has 4 rings (SSSR count). The van der Waals surface area contributed by atoms with E-state index in [0.29, 0.717) is 6.61 Å². The molecule has 0 atom stereocenters. The number of ether oxygens (including phenoxy) is 1. The minimum absolute atomic E-state index is 0.136. The van der Waals surface area contributed by atoms with E-state index < -0.39 is 0 Å². The molecule has 0 aliphatic carbocycles. The number of aromatic nitrogens is 1. The average molecular weight is 346 g/mol. The molecule has 0 spiro atoms. The van der Waals surface area contributed by atoms with Crippen molar-refractivity contribution >= 4 is 10.9 Å². The van der Waals surface area contributed by atoms with Gasteiger partial charge in [-0.3, -0.25) is 4.90 Å². The molecule has 0 radical (unpaired) electrons. The topological polar surface area (TPSA) is 25.4 Å². The van der Waals surface area contributed by atoms with Crippen LogP contribution in [0.3, 0.4) is 0 Å². The first-order chi connectivity index (χ1) is 12.5. The van der Waals surface area contributed by atoms with Gasteiger partial charge in [0.25, 0.3) is 0 Å². The zero-order valence-electron chi connectivity index (χ0n) is 15.8. The smallest absolute Gasteiger partial charge is 0.218 e. The number of hydrogen-bond donors (Lipinski definition) is 0. The van der Waals surface area contributed by atoms with Gasteiger partial charge < -0.3 is 4.74 Å². The van der Waals surface area contributed by atoms with Crippen molar-refractivity contribution in [3.05, 3.63) is 71.3 Å². The second kappa shape index (κ2) is 6.73. The van der Waals surface area contributed by atoms with E-state index in [1.54, 1.807) is 0 Å². The largest absolute Gasteiger partial charge is 0.476 e. The van der Waals surface area contributed by atoms with Crippen LogP contribution < -0.4 is 4.74 Å². The van der Waals surface area contributed by atoms with Gasteiger partial charge in [0.2, 0.25) is 5.88 Å². The molecule has 0 N–H and O–H groups in total. The van der Waals surface area contributed by atoms with Crippen LogP contribution in [0.5, 0.6) is 5.88 Å². The first kappa shape index (κ1) is 17.0. The highest BCUT2D eigenvalue weighted by Gasteiger charge is 2.19. The SMILES string of the molecule is CC(C)(C)c1ccc2nc3c(cc2c1)CN(Cc1ccccc1)CCO3. The van der Waals surface area contributed by atoms with Gasteiger partial charge in [-0.25, -0.2) is 4.98 Å². The van der Waals surface area contributed by atoms with Crippen LogP contribution >= 0.6 is 0 Å². The maximum Gasteiger partial charge on any atom is 0.218 e. The molecule has 2 aromatic carbocycles. The van der Waals surface area contributed by atoms with Crippen molar-refractivity contribution in [3.8, 4) is 5.88 Å². The lowest BCUT2D eigenvalue weighted by atomic mass is 9.86. The Morgan fingerprint density at radius 2 is 1.85 bits per heavy atom. The average Bonchev–Trinajstić information content (AvgIpc) is 2.80. The second-order valence-electron chi connectivity index (χ2n) is 8.15. The van der Waals surface area contributed by atoms with Crippen LogP contribution in [0.15, 0.2) is 54.6 Å². The van der Waals surface area contributed by atoms with Crippen LogP contribution in [-0.4, -0.2) is 23.0 Å². The van der Waals surface area contributed by atoms with Crippen molar-refractivity contribution in [2.45, 2.75) is 39.3 Å². The molecule has 2 heterocycles. The predicted molar refractivity (Wildman–Crippen MR) is 106 cm³/mol. The maximum absolute atomic E-state index is 5.97. The molecule has 0 amide bonds. The fourth-order valence-corrected chi connectivity index (χ4v) is 3.48. The Labute approximate surface area is 155 Å². The zero-order valence-corrected chi connectivity index (χ0v) is 15.8. The molecule has 1 aliphatic rings. The number of benzene rings is 2. The molecule has 1 aliphatic heterocycles. The number of nitrogens with zero attached hydrogens (tertiary/aromatic N) is 2. The zero-order chi connectivity index (χ0) is 18.1. The highest BCUT2D eigenvalue weighted by Crippen LogP contribution is 2.30. The van der Waals surface area contributed by atoms with E-state index in [9.17, 15) is 0 Å². The van der Waals surface area contributed by atoms with Crippen molar-refractivity contribution in [2.24, 2.45) is 0 Å². The summed E-state index contributed by atoms with van der Waals surface area (Å²) in [5.74, 6) is 0.788. The summed E-state index contributed by atoms with van der Waals surface area (Å²) in [4.78, 5) is 7.22. The summed E-state index contributed by atoms with van der Waals surface area (Å²) < 4.78 is 5.97. The summed E-state index contributed by atoms with van der Waals surface area (Å²) in [6.07, 6.45) is 0. The minimum Gasteiger partial charge on any atom is -0.476 e. The van der Waals surface area contributed by atoms with Gasteiger partial charge in [0.15, 0.2) is 0 Å². The van der Waals surface area contributed by atoms with Crippen molar-refractivity contribution in [3.63, 3.8) is 0 Å². The van der Waals surface area contributed by atoms with E-state index in [0.717, 1.165) is 31.0 Å². The van der Waals surface area contributed by atoms with Crippen molar-refractivity contribution in [2.75, 3.05) is 13.2 Å². The minimum atomic E-state index is 0.136. The predicted octanol–water partition coefficient (Wildman–Crippen LogP) is 4.93. The summed E-state index contributed by atoms with van der Waals surface area (Å²) >= 11 is 0. The van der Waals surface area contributed by atoms with Gasteiger partial charge in [0.05, 0.1) is 5.52 Å². The van der Waals surface area contributed by atoms with E-state index in [4.69, 9.17) is 9.72 Å². The maximum atomic E-state index is 5.97. The molecule has 3 heteroatoms. The lowest BCUT2D eigenvalue weighted by Gasteiger charge is -2.20. The van der Waals surface area contributed by atoms with E-state index in [1.165, 1.54) is 22.1 Å². The molecular formula is C23H26N2O.